The number of carboxylic acids is 1. The van der Waals surface area contributed by atoms with Gasteiger partial charge in [-0.2, -0.15) is 5.10 Å². The van der Waals surface area contributed by atoms with Gasteiger partial charge >= 0.3 is 5.97 Å². The molecule has 2 aromatic rings. The Bertz CT molecular complexity index is 619. The number of rotatable bonds is 4. The number of hydrogen-bond donors (Lipinski definition) is 2. The van der Waals surface area contributed by atoms with Crippen molar-refractivity contribution in [2.45, 2.75) is 13.0 Å². The molecule has 0 aliphatic carbocycles. The van der Waals surface area contributed by atoms with Crippen LogP contribution in [0.3, 0.4) is 0 Å². The number of hydrogen-bond acceptors (Lipinski definition) is 5. The maximum Gasteiger partial charge on any atom is 0.355 e. The Kier molecular flexibility index (Phi) is 3.61. The van der Waals surface area contributed by atoms with Crippen LogP contribution in [-0.4, -0.2) is 31.7 Å². The number of aryl methyl sites for hydroxylation is 1. The summed E-state index contributed by atoms with van der Waals surface area (Å²) in [6, 6.07) is -0.356. The van der Waals surface area contributed by atoms with Gasteiger partial charge in [-0.25, -0.2) is 9.78 Å². The van der Waals surface area contributed by atoms with Crippen LogP contribution in [0.25, 0.3) is 0 Å². The molecule has 100 valence electrons. The molecule has 2 N–H and O–H groups in total. The van der Waals surface area contributed by atoms with Crippen molar-refractivity contribution in [3.05, 3.63) is 34.0 Å². The van der Waals surface area contributed by atoms with Gasteiger partial charge in [0, 0.05) is 18.6 Å². The molecule has 0 radical (unpaired) electrons. The van der Waals surface area contributed by atoms with E-state index in [4.69, 9.17) is 5.11 Å². The Morgan fingerprint density at radius 1 is 1.53 bits per heavy atom. The van der Waals surface area contributed by atoms with E-state index in [0.717, 1.165) is 0 Å². The van der Waals surface area contributed by atoms with Crippen molar-refractivity contribution >= 4 is 23.2 Å². The minimum atomic E-state index is -1.08. The van der Waals surface area contributed by atoms with E-state index in [2.05, 4.69) is 15.4 Å². The van der Waals surface area contributed by atoms with Crippen molar-refractivity contribution in [2.24, 2.45) is 7.05 Å². The first-order chi connectivity index (χ1) is 8.97. The van der Waals surface area contributed by atoms with Crippen molar-refractivity contribution in [3.63, 3.8) is 0 Å². The fourth-order valence-corrected chi connectivity index (χ4v) is 2.26. The number of carbonyl (C=O) groups is 2. The Morgan fingerprint density at radius 3 is 2.79 bits per heavy atom. The molecule has 1 unspecified atom stereocenters. The number of thiazole rings is 1. The first kappa shape index (κ1) is 13.2. The lowest BCUT2D eigenvalue weighted by Crippen LogP contribution is -2.26. The van der Waals surface area contributed by atoms with Crippen molar-refractivity contribution in [1.29, 1.82) is 0 Å². The van der Waals surface area contributed by atoms with E-state index in [1.54, 1.807) is 20.2 Å². The summed E-state index contributed by atoms with van der Waals surface area (Å²) >= 11 is 1.20. The van der Waals surface area contributed by atoms with Crippen molar-refractivity contribution in [3.8, 4) is 0 Å². The number of nitrogens with one attached hydrogen (secondary N) is 1. The molecule has 0 spiro atoms. The van der Waals surface area contributed by atoms with Crippen molar-refractivity contribution < 1.29 is 14.7 Å². The summed E-state index contributed by atoms with van der Waals surface area (Å²) in [4.78, 5) is 26.6. The van der Waals surface area contributed by atoms with Crippen LogP contribution in [0.1, 0.15) is 38.8 Å². The van der Waals surface area contributed by atoms with Gasteiger partial charge in [0.05, 0.1) is 17.8 Å². The third kappa shape index (κ3) is 2.97. The van der Waals surface area contributed by atoms with Crippen LogP contribution >= 0.6 is 11.3 Å². The zero-order chi connectivity index (χ0) is 14.0. The number of amides is 1. The van der Waals surface area contributed by atoms with Crippen LogP contribution in [0.2, 0.25) is 0 Å². The van der Waals surface area contributed by atoms with Crippen LogP contribution in [-0.2, 0) is 7.05 Å². The second-order valence-corrected chi connectivity index (χ2v) is 4.86. The maximum absolute atomic E-state index is 11.9. The molecule has 0 fully saturated rings. The molecule has 0 aliphatic heterocycles. The Labute approximate surface area is 112 Å². The van der Waals surface area contributed by atoms with Gasteiger partial charge in [0.25, 0.3) is 5.91 Å². The number of aromatic nitrogens is 3. The van der Waals surface area contributed by atoms with Gasteiger partial charge in [0.15, 0.2) is 5.69 Å². The summed E-state index contributed by atoms with van der Waals surface area (Å²) in [6.45, 7) is 1.75. The molecular formula is C11H12N4O3S. The summed E-state index contributed by atoms with van der Waals surface area (Å²) in [5.74, 6) is -1.35. The molecule has 1 atom stereocenters. The normalized spacial score (nSPS) is 12.1. The summed E-state index contributed by atoms with van der Waals surface area (Å²) in [6.07, 6.45) is 3.07. The first-order valence-corrected chi connectivity index (χ1v) is 6.33. The van der Waals surface area contributed by atoms with Gasteiger partial charge < -0.3 is 10.4 Å². The van der Waals surface area contributed by atoms with Crippen LogP contribution < -0.4 is 5.32 Å². The van der Waals surface area contributed by atoms with Gasteiger partial charge in [-0.1, -0.05) is 0 Å². The van der Waals surface area contributed by atoms with E-state index >= 15 is 0 Å². The minimum absolute atomic E-state index is 0.0116. The molecule has 0 saturated heterocycles. The molecule has 2 aromatic heterocycles. The van der Waals surface area contributed by atoms with Crippen LogP contribution in [0.5, 0.6) is 0 Å². The smallest absolute Gasteiger partial charge is 0.355 e. The quantitative estimate of drug-likeness (QED) is 0.873. The molecule has 0 aromatic carbocycles. The zero-order valence-corrected chi connectivity index (χ0v) is 11.1. The molecular weight excluding hydrogens is 268 g/mol. The van der Waals surface area contributed by atoms with Gasteiger partial charge in [-0.05, 0) is 6.92 Å². The van der Waals surface area contributed by atoms with E-state index in [1.165, 1.54) is 27.6 Å². The lowest BCUT2D eigenvalue weighted by Gasteiger charge is -2.09. The summed E-state index contributed by atoms with van der Waals surface area (Å²) in [5, 5.41) is 17.4. The maximum atomic E-state index is 11.9. The van der Waals surface area contributed by atoms with E-state index in [-0.39, 0.29) is 17.6 Å². The van der Waals surface area contributed by atoms with Crippen LogP contribution in [0.15, 0.2) is 17.8 Å². The third-order valence-corrected chi connectivity index (χ3v) is 3.45. The summed E-state index contributed by atoms with van der Waals surface area (Å²) in [5.41, 5.74) is 0.437. The molecule has 8 heteroatoms. The number of carbonyl (C=O) groups excluding carboxylic acids is 1. The molecule has 0 bridgehead atoms. The Hall–Kier alpha value is -2.22. The number of nitrogens with zero attached hydrogens (tertiary/aromatic N) is 3. The average Bonchev–Trinajstić information content (AvgIpc) is 2.96. The SMILES string of the molecule is CC(NC(=O)c1cnn(C)c1)c1nc(C(=O)O)cs1. The molecule has 19 heavy (non-hydrogen) atoms. The van der Waals surface area contributed by atoms with E-state index in [0.29, 0.717) is 10.6 Å². The monoisotopic (exact) mass is 280 g/mol. The highest BCUT2D eigenvalue weighted by Crippen LogP contribution is 2.18. The Morgan fingerprint density at radius 2 is 2.26 bits per heavy atom. The molecule has 0 saturated carbocycles. The number of aromatic carboxylic acids is 1. The fourth-order valence-electron chi connectivity index (χ4n) is 1.46. The fraction of sp³-hybridized carbons (Fsp3) is 0.273. The highest BCUT2D eigenvalue weighted by molar-refractivity contribution is 7.09. The molecule has 2 heterocycles. The van der Waals surface area contributed by atoms with E-state index in [9.17, 15) is 9.59 Å². The van der Waals surface area contributed by atoms with Gasteiger partial charge in [0.1, 0.15) is 5.01 Å². The van der Waals surface area contributed by atoms with Crippen molar-refractivity contribution in [2.75, 3.05) is 0 Å². The van der Waals surface area contributed by atoms with Crippen molar-refractivity contribution in [1.82, 2.24) is 20.1 Å². The number of carboxylic acid groups (broad SMARTS) is 1. The van der Waals surface area contributed by atoms with Crippen LogP contribution in [0.4, 0.5) is 0 Å². The van der Waals surface area contributed by atoms with Gasteiger partial charge in [-0.15, -0.1) is 11.3 Å². The summed E-state index contributed by atoms with van der Waals surface area (Å²) < 4.78 is 1.53. The first-order valence-electron chi connectivity index (χ1n) is 5.45. The average molecular weight is 280 g/mol. The molecule has 2 rings (SSSR count). The Balaban J connectivity index is 2.05. The predicted molar refractivity (Wildman–Crippen MR) is 68.2 cm³/mol. The lowest BCUT2D eigenvalue weighted by atomic mass is 10.3. The predicted octanol–water partition coefficient (Wildman–Crippen LogP) is 1.07. The van der Waals surface area contributed by atoms with E-state index in [1.807, 2.05) is 0 Å². The largest absolute Gasteiger partial charge is 0.476 e. The second kappa shape index (κ2) is 5.19. The van der Waals surface area contributed by atoms with Crippen LogP contribution in [0, 0.1) is 0 Å². The topological polar surface area (TPSA) is 97.1 Å². The molecule has 0 aliphatic rings. The minimum Gasteiger partial charge on any atom is -0.476 e. The van der Waals surface area contributed by atoms with E-state index < -0.39 is 5.97 Å². The van der Waals surface area contributed by atoms with Gasteiger partial charge in [0.2, 0.25) is 0 Å². The summed E-state index contributed by atoms with van der Waals surface area (Å²) in [7, 11) is 1.72. The lowest BCUT2D eigenvalue weighted by molar-refractivity contribution is 0.0691. The zero-order valence-electron chi connectivity index (χ0n) is 10.3. The van der Waals surface area contributed by atoms with Gasteiger partial charge in [-0.3, -0.25) is 9.48 Å². The standard InChI is InChI=1S/C11H12N4O3S/c1-6(10-14-8(5-19-10)11(17)18)13-9(16)7-3-12-15(2)4-7/h3-6H,1-2H3,(H,13,16)(H,17,18). The molecule has 1 amide bonds. The highest BCUT2D eigenvalue weighted by atomic mass is 32.1. The molecule has 7 nitrogen and oxygen atoms in total. The second-order valence-electron chi connectivity index (χ2n) is 3.97. The third-order valence-electron chi connectivity index (χ3n) is 2.43. The highest BCUT2D eigenvalue weighted by Gasteiger charge is 2.17.